The van der Waals surface area contributed by atoms with Crippen molar-refractivity contribution in [1.29, 1.82) is 0 Å². The second kappa shape index (κ2) is 4.92. The van der Waals surface area contributed by atoms with Gasteiger partial charge in [-0.05, 0) is 19.3 Å². The van der Waals surface area contributed by atoms with Crippen molar-refractivity contribution in [2.75, 3.05) is 20.1 Å². The Morgan fingerprint density at radius 2 is 2.12 bits per heavy atom. The third-order valence-electron chi connectivity index (χ3n) is 3.85. The first-order chi connectivity index (χ1) is 8.00. The lowest BCUT2D eigenvalue weighted by Crippen LogP contribution is -2.48. The largest absolute Gasteiger partial charge is 0.392 e. The fraction of sp³-hybridized carbons (Fsp3) is 0.917. The van der Waals surface area contributed by atoms with Gasteiger partial charge in [-0.3, -0.25) is 4.79 Å². The van der Waals surface area contributed by atoms with E-state index in [4.69, 9.17) is 0 Å². The van der Waals surface area contributed by atoms with E-state index < -0.39 is 11.7 Å². The van der Waals surface area contributed by atoms with Crippen LogP contribution in [0.2, 0.25) is 0 Å². The molecule has 0 bridgehead atoms. The van der Waals surface area contributed by atoms with Gasteiger partial charge in [0.15, 0.2) is 0 Å². The number of β-amino-alcohol motifs (C(OH)–C–C–N with tert-alkyl or cyclic N) is 1. The van der Waals surface area contributed by atoms with E-state index >= 15 is 0 Å². The van der Waals surface area contributed by atoms with E-state index in [0.29, 0.717) is 19.5 Å². The van der Waals surface area contributed by atoms with Crippen LogP contribution in [0.3, 0.4) is 0 Å². The van der Waals surface area contributed by atoms with Gasteiger partial charge < -0.3 is 20.4 Å². The molecule has 5 heteroatoms. The number of amides is 1. The minimum absolute atomic E-state index is 0.0260. The van der Waals surface area contributed by atoms with Gasteiger partial charge in [-0.2, -0.15) is 0 Å². The molecule has 0 aromatic carbocycles. The van der Waals surface area contributed by atoms with Crippen molar-refractivity contribution in [2.45, 2.75) is 49.9 Å². The van der Waals surface area contributed by atoms with Crippen LogP contribution in [-0.4, -0.2) is 58.9 Å². The van der Waals surface area contributed by atoms with E-state index in [2.05, 4.69) is 5.32 Å². The summed E-state index contributed by atoms with van der Waals surface area (Å²) in [4.78, 5) is 13.7. The summed E-state index contributed by atoms with van der Waals surface area (Å²) in [5.74, 6) is -0.0260. The highest BCUT2D eigenvalue weighted by Crippen LogP contribution is 2.30. The van der Waals surface area contributed by atoms with Crippen LogP contribution in [-0.2, 0) is 4.79 Å². The first kappa shape index (κ1) is 12.8. The molecule has 2 fully saturated rings. The summed E-state index contributed by atoms with van der Waals surface area (Å²) in [5.41, 5.74) is -0.693. The maximum atomic E-state index is 12.1. The summed E-state index contributed by atoms with van der Waals surface area (Å²) in [6.07, 6.45) is 3.70. The first-order valence-corrected chi connectivity index (χ1v) is 6.39. The fourth-order valence-electron chi connectivity index (χ4n) is 2.88. The second-order valence-electron chi connectivity index (χ2n) is 5.48. The number of nitrogens with one attached hydrogen (secondary N) is 1. The molecule has 2 aliphatic rings. The van der Waals surface area contributed by atoms with Gasteiger partial charge in [0.1, 0.15) is 0 Å². The van der Waals surface area contributed by atoms with Crippen LogP contribution < -0.4 is 5.32 Å². The highest BCUT2D eigenvalue weighted by atomic mass is 16.3. The molecular weight excluding hydrogens is 220 g/mol. The number of likely N-dealkylation sites (N-methyl/N-ethyl adjacent to an activating group) is 1. The molecule has 0 spiro atoms. The van der Waals surface area contributed by atoms with Gasteiger partial charge in [-0.25, -0.2) is 0 Å². The second-order valence-corrected chi connectivity index (χ2v) is 5.48. The molecule has 1 saturated carbocycles. The number of carbonyl (C=O) groups is 1. The van der Waals surface area contributed by atoms with E-state index in [9.17, 15) is 15.0 Å². The maximum Gasteiger partial charge on any atom is 0.239 e. The van der Waals surface area contributed by atoms with Gasteiger partial charge >= 0.3 is 0 Å². The predicted molar refractivity (Wildman–Crippen MR) is 63.5 cm³/mol. The number of aliphatic hydroxyl groups is 2. The molecule has 1 amide bonds. The molecule has 17 heavy (non-hydrogen) atoms. The SMILES string of the molecule is CN(CC1(O)CCCC1)C(=O)C1CC(O)CN1. The lowest BCUT2D eigenvalue weighted by atomic mass is 10.0. The van der Waals surface area contributed by atoms with Crippen LogP contribution in [0.1, 0.15) is 32.1 Å². The summed E-state index contributed by atoms with van der Waals surface area (Å²) in [5, 5.41) is 22.6. The highest BCUT2D eigenvalue weighted by molar-refractivity contribution is 5.82. The zero-order valence-electron chi connectivity index (χ0n) is 10.4. The average molecular weight is 242 g/mol. The summed E-state index contributed by atoms with van der Waals surface area (Å²) in [7, 11) is 1.73. The topological polar surface area (TPSA) is 72.8 Å². The molecular formula is C12H22N2O3. The Balaban J connectivity index is 1.86. The van der Waals surface area contributed by atoms with Crippen LogP contribution in [0.5, 0.6) is 0 Å². The number of nitrogens with zero attached hydrogens (tertiary/aromatic N) is 1. The Hall–Kier alpha value is -0.650. The number of hydrogen-bond acceptors (Lipinski definition) is 4. The lowest BCUT2D eigenvalue weighted by molar-refractivity contribution is -0.135. The molecule has 2 unspecified atom stereocenters. The van der Waals surface area contributed by atoms with E-state index in [-0.39, 0.29) is 11.9 Å². The van der Waals surface area contributed by atoms with Crippen molar-refractivity contribution in [2.24, 2.45) is 0 Å². The molecule has 2 atom stereocenters. The molecule has 98 valence electrons. The van der Waals surface area contributed by atoms with Gasteiger partial charge in [0.05, 0.1) is 17.7 Å². The average Bonchev–Trinajstić information content (AvgIpc) is 2.86. The van der Waals surface area contributed by atoms with Crippen molar-refractivity contribution in [3.05, 3.63) is 0 Å². The molecule has 1 saturated heterocycles. The zero-order chi connectivity index (χ0) is 12.5. The van der Waals surface area contributed by atoms with E-state index in [1.54, 1.807) is 11.9 Å². The van der Waals surface area contributed by atoms with Gasteiger partial charge in [-0.15, -0.1) is 0 Å². The van der Waals surface area contributed by atoms with Crippen molar-refractivity contribution in [3.8, 4) is 0 Å². The van der Waals surface area contributed by atoms with Crippen molar-refractivity contribution in [3.63, 3.8) is 0 Å². The minimum Gasteiger partial charge on any atom is -0.392 e. The van der Waals surface area contributed by atoms with E-state index in [0.717, 1.165) is 25.7 Å². The summed E-state index contributed by atoms with van der Waals surface area (Å²) in [6, 6.07) is -0.292. The number of aliphatic hydroxyl groups excluding tert-OH is 1. The first-order valence-electron chi connectivity index (χ1n) is 6.39. The normalized spacial score (nSPS) is 31.7. The Bertz CT molecular complexity index is 289. The number of hydrogen-bond donors (Lipinski definition) is 3. The van der Waals surface area contributed by atoms with Gasteiger partial charge in [-0.1, -0.05) is 12.8 Å². The highest BCUT2D eigenvalue weighted by Gasteiger charge is 2.36. The lowest BCUT2D eigenvalue weighted by Gasteiger charge is -2.30. The summed E-state index contributed by atoms with van der Waals surface area (Å²) >= 11 is 0. The van der Waals surface area contributed by atoms with Crippen molar-refractivity contribution >= 4 is 5.91 Å². The Kier molecular flexibility index (Phi) is 3.70. The van der Waals surface area contributed by atoms with E-state index in [1.165, 1.54) is 0 Å². The van der Waals surface area contributed by atoms with Crippen LogP contribution in [0.25, 0.3) is 0 Å². The van der Waals surface area contributed by atoms with Crippen LogP contribution in [0, 0.1) is 0 Å². The zero-order valence-corrected chi connectivity index (χ0v) is 10.4. The van der Waals surface area contributed by atoms with Crippen LogP contribution in [0.15, 0.2) is 0 Å². The Morgan fingerprint density at radius 1 is 1.47 bits per heavy atom. The van der Waals surface area contributed by atoms with Crippen LogP contribution >= 0.6 is 0 Å². The third-order valence-corrected chi connectivity index (χ3v) is 3.85. The summed E-state index contributed by atoms with van der Waals surface area (Å²) < 4.78 is 0. The van der Waals surface area contributed by atoms with Gasteiger partial charge in [0, 0.05) is 20.1 Å². The summed E-state index contributed by atoms with van der Waals surface area (Å²) in [6.45, 7) is 0.884. The van der Waals surface area contributed by atoms with Crippen molar-refractivity contribution in [1.82, 2.24) is 10.2 Å². The maximum absolute atomic E-state index is 12.1. The standard InChI is InChI=1S/C12H22N2O3/c1-14(8-12(17)4-2-3-5-12)11(16)10-6-9(15)7-13-10/h9-10,13,15,17H,2-8H2,1H3. The van der Waals surface area contributed by atoms with Gasteiger partial charge in [0.2, 0.25) is 5.91 Å². The van der Waals surface area contributed by atoms with Crippen LogP contribution in [0.4, 0.5) is 0 Å². The molecule has 2 rings (SSSR count). The molecule has 5 nitrogen and oxygen atoms in total. The number of carbonyl (C=O) groups excluding carboxylic acids is 1. The Labute approximate surface area is 102 Å². The molecule has 1 aliphatic carbocycles. The monoisotopic (exact) mass is 242 g/mol. The molecule has 0 aromatic heterocycles. The smallest absolute Gasteiger partial charge is 0.239 e. The van der Waals surface area contributed by atoms with Gasteiger partial charge in [0.25, 0.3) is 0 Å². The third kappa shape index (κ3) is 2.97. The van der Waals surface area contributed by atoms with E-state index in [1.807, 2.05) is 0 Å². The van der Waals surface area contributed by atoms with Crippen molar-refractivity contribution < 1.29 is 15.0 Å². The Morgan fingerprint density at radius 3 is 2.65 bits per heavy atom. The number of rotatable bonds is 3. The molecule has 3 N–H and O–H groups in total. The molecule has 1 heterocycles. The molecule has 1 aliphatic heterocycles. The molecule has 0 radical (unpaired) electrons. The fourth-order valence-corrected chi connectivity index (χ4v) is 2.88. The quantitative estimate of drug-likeness (QED) is 0.622. The predicted octanol–water partition coefficient (Wildman–Crippen LogP) is -0.527. The molecule has 0 aromatic rings. The minimum atomic E-state index is -0.693.